The van der Waals surface area contributed by atoms with E-state index in [1.165, 1.54) is 0 Å². The first-order chi connectivity index (χ1) is 15.5. The second-order valence-electron chi connectivity index (χ2n) is 12.5. The number of fused-ring (bicyclic) bond motifs is 2. The number of hydrogen-bond donors (Lipinski definition) is 0. The maximum atomic E-state index is 14.3. The van der Waals surface area contributed by atoms with Crippen LogP contribution in [0.3, 0.4) is 0 Å². The quantitative estimate of drug-likeness (QED) is 0.471. The number of rotatable bonds is 5. The second-order valence-corrected chi connectivity index (χ2v) is 13.4. The summed E-state index contributed by atoms with van der Waals surface area (Å²) in [6, 6.07) is 7.95. The van der Waals surface area contributed by atoms with Gasteiger partial charge in [-0.25, -0.2) is 4.39 Å². The number of halogens is 2. The Balaban J connectivity index is 1.28. The van der Waals surface area contributed by atoms with Gasteiger partial charge in [-0.15, -0.1) is 0 Å². The first-order valence-corrected chi connectivity index (χ1v) is 12.9. The van der Waals surface area contributed by atoms with E-state index in [9.17, 15) is 9.18 Å². The molecule has 5 saturated carbocycles. The Kier molecular flexibility index (Phi) is 4.40. The van der Waals surface area contributed by atoms with Crippen LogP contribution in [0.1, 0.15) is 83.9 Å². The van der Waals surface area contributed by atoms with Gasteiger partial charge in [-0.3, -0.25) is 4.79 Å². The second kappa shape index (κ2) is 6.67. The van der Waals surface area contributed by atoms with Crippen molar-refractivity contribution in [2.45, 2.75) is 88.6 Å². The molecule has 0 aliphatic heterocycles. The predicted molar refractivity (Wildman–Crippen MR) is 127 cm³/mol. The van der Waals surface area contributed by atoms with E-state index >= 15 is 0 Å². The van der Waals surface area contributed by atoms with Gasteiger partial charge in [-0.2, -0.15) is 4.98 Å². The van der Waals surface area contributed by atoms with Gasteiger partial charge in [0.15, 0.2) is 5.82 Å². The van der Waals surface area contributed by atoms with Crippen LogP contribution in [-0.4, -0.2) is 28.3 Å². The first kappa shape index (κ1) is 21.8. The third-order valence-corrected chi connectivity index (χ3v) is 9.30. The molecule has 7 rings (SSSR count). The predicted octanol–water partition coefficient (Wildman–Crippen LogP) is 6.26. The minimum absolute atomic E-state index is 0.0330. The highest BCUT2D eigenvalue weighted by Gasteiger charge is 2.73. The standard InChI is InChI=1S/C26H31BrFN3O2/c1-22(2,3)19-29-20(33-30-19)24-9-7-23(12-24,8-10-24)16-31(18-6-4-5-17(27)11-18)21(32)25-13-26(28,14-25)15-25/h4-6,11H,7-10,12-16H2,1-3H3. The largest absolute Gasteiger partial charge is 0.339 e. The number of carbonyl (C=O) groups is 1. The van der Waals surface area contributed by atoms with E-state index in [2.05, 4.69) is 41.9 Å². The SMILES string of the molecule is CC(C)(C)c1noc(C23CCC(CN(C(=O)C45CC(F)(C4)C5)c4cccc(Br)c4)(CC2)C3)n1. The molecule has 0 N–H and O–H groups in total. The van der Waals surface area contributed by atoms with Crippen LogP contribution in [0, 0.1) is 10.8 Å². The van der Waals surface area contributed by atoms with E-state index in [-0.39, 0.29) is 22.2 Å². The Morgan fingerprint density at radius 2 is 1.85 bits per heavy atom. The van der Waals surface area contributed by atoms with Gasteiger partial charge in [0.05, 0.1) is 10.8 Å². The minimum atomic E-state index is -1.09. The van der Waals surface area contributed by atoms with Crippen molar-refractivity contribution in [3.63, 3.8) is 0 Å². The van der Waals surface area contributed by atoms with E-state index in [4.69, 9.17) is 9.51 Å². The topological polar surface area (TPSA) is 59.2 Å². The van der Waals surface area contributed by atoms with Gasteiger partial charge in [0, 0.05) is 22.1 Å². The molecule has 5 nitrogen and oxygen atoms in total. The van der Waals surface area contributed by atoms with Gasteiger partial charge in [0.25, 0.3) is 0 Å². The van der Waals surface area contributed by atoms with Gasteiger partial charge in [0.1, 0.15) is 5.67 Å². The molecule has 1 aromatic carbocycles. The van der Waals surface area contributed by atoms with Crippen molar-refractivity contribution >= 4 is 27.5 Å². The smallest absolute Gasteiger partial charge is 0.233 e. The number of aromatic nitrogens is 2. The van der Waals surface area contributed by atoms with Crippen LogP contribution in [0.4, 0.5) is 10.1 Å². The van der Waals surface area contributed by atoms with Crippen LogP contribution in [0.15, 0.2) is 33.3 Å². The minimum Gasteiger partial charge on any atom is -0.339 e. The van der Waals surface area contributed by atoms with Crippen LogP contribution in [0.5, 0.6) is 0 Å². The third-order valence-electron chi connectivity index (χ3n) is 8.81. The number of nitrogens with zero attached hydrogens (tertiary/aromatic N) is 3. The van der Waals surface area contributed by atoms with E-state index in [0.717, 1.165) is 54.0 Å². The van der Waals surface area contributed by atoms with Crippen LogP contribution in [0.2, 0.25) is 0 Å². The zero-order chi connectivity index (χ0) is 23.3. The fraction of sp³-hybridized carbons (Fsp3) is 0.654. The molecule has 0 spiro atoms. The first-order valence-electron chi connectivity index (χ1n) is 12.1. The molecule has 4 bridgehead atoms. The molecule has 0 radical (unpaired) electrons. The van der Waals surface area contributed by atoms with Crippen LogP contribution >= 0.6 is 15.9 Å². The summed E-state index contributed by atoms with van der Waals surface area (Å²) in [7, 11) is 0. The lowest BCUT2D eigenvalue weighted by Crippen LogP contribution is -2.70. The molecule has 33 heavy (non-hydrogen) atoms. The highest BCUT2D eigenvalue weighted by Crippen LogP contribution is 2.70. The Labute approximate surface area is 202 Å². The highest BCUT2D eigenvalue weighted by molar-refractivity contribution is 9.10. The summed E-state index contributed by atoms with van der Waals surface area (Å²) < 4.78 is 21.0. The number of alkyl halides is 1. The summed E-state index contributed by atoms with van der Waals surface area (Å²) in [4.78, 5) is 20.6. The lowest BCUT2D eigenvalue weighted by atomic mass is 9.42. The normalized spacial score (nSPS) is 36.4. The van der Waals surface area contributed by atoms with Crippen molar-refractivity contribution in [3.05, 3.63) is 40.5 Å². The Hall–Kier alpha value is -1.76. The molecule has 5 aliphatic carbocycles. The molecule has 1 amide bonds. The van der Waals surface area contributed by atoms with Gasteiger partial charge < -0.3 is 9.42 Å². The molecule has 5 aliphatic rings. The Morgan fingerprint density at radius 3 is 2.42 bits per heavy atom. The average Bonchev–Trinajstić information content (AvgIpc) is 3.42. The van der Waals surface area contributed by atoms with Gasteiger partial charge in [-0.05, 0) is 75.0 Å². The maximum absolute atomic E-state index is 14.3. The van der Waals surface area contributed by atoms with Crippen molar-refractivity contribution in [2.75, 3.05) is 11.4 Å². The summed E-state index contributed by atoms with van der Waals surface area (Å²) in [6.07, 6.45) is 6.23. The van der Waals surface area contributed by atoms with Crippen LogP contribution < -0.4 is 4.90 Å². The molecule has 2 aromatic rings. The molecule has 0 saturated heterocycles. The van der Waals surface area contributed by atoms with Crippen molar-refractivity contribution in [3.8, 4) is 0 Å². The molecule has 1 aromatic heterocycles. The molecule has 5 fully saturated rings. The van der Waals surface area contributed by atoms with Gasteiger partial charge >= 0.3 is 0 Å². The van der Waals surface area contributed by atoms with Crippen molar-refractivity contribution < 1.29 is 13.7 Å². The highest BCUT2D eigenvalue weighted by atomic mass is 79.9. The molecule has 0 atom stereocenters. The summed E-state index contributed by atoms with van der Waals surface area (Å²) in [6.45, 7) is 6.97. The van der Waals surface area contributed by atoms with Crippen molar-refractivity contribution in [1.29, 1.82) is 0 Å². The number of anilines is 1. The Bertz CT molecular complexity index is 1110. The molecule has 176 valence electrons. The Morgan fingerprint density at radius 1 is 1.15 bits per heavy atom. The third kappa shape index (κ3) is 3.24. The summed E-state index contributed by atoms with van der Waals surface area (Å²) in [5, 5.41) is 4.28. The number of hydrogen-bond acceptors (Lipinski definition) is 4. The number of amides is 1. The molecule has 7 heteroatoms. The van der Waals surface area contributed by atoms with Gasteiger partial charge in [-0.1, -0.05) is 47.9 Å². The van der Waals surface area contributed by atoms with E-state index in [1.807, 2.05) is 29.2 Å². The number of carbonyl (C=O) groups excluding carboxylic acids is 1. The van der Waals surface area contributed by atoms with Gasteiger partial charge in [0.2, 0.25) is 11.8 Å². The van der Waals surface area contributed by atoms with E-state index in [0.29, 0.717) is 25.8 Å². The van der Waals surface area contributed by atoms with E-state index < -0.39 is 11.1 Å². The molecule has 0 unspecified atom stereocenters. The van der Waals surface area contributed by atoms with E-state index in [1.54, 1.807) is 0 Å². The van der Waals surface area contributed by atoms with Crippen LogP contribution in [0.25, 0.3) is 0 Å². The summed E-state index contributed by atoms with van der Waals surface area (Å²) in [5.41, 5.74) is -0.871. The molecular formula is C26H31BrFN3O2. The molecular weight excluding hydrogens is 485 g/mol. The summed E-state index contributed by atoms with van der Waals surface area (Å²) in [5.74, 6) is 1.63. The zero-order valence-corrected chi connectivity index (χ0v) is 21.2. The zero-order valence-electron chi connectivity index (χ0n) is 19.6. The molecule has 1 heterocycles. The maximum Gasteiger partial charge on any atom is 0.233 e. The fourth-order valence-corrected chi connectivity index (χ4v) is 7.40. The monoisotopic (exact) mass is 515 g/mol. The van der Waals surface area contributed by atoms with Crippen molar-refractivity contribution in [1.82, 2.24) is 10.1 Å². The summed E-state index contributed by atoms with van der Waals surface area (Å²) >= 11 is 3.56. The number of benzene rings is 1. The average molecular weight is 516 g/mol. The fourth-order valence-electron chi connectivity index (χ4n) is 7.01. The van der Waals surface area contributed by atoms with Crippen molar-refractivity contribution in [2.24, 2.45) is 10.8 Å². The lowest BCUT2D eigenvalue weighted by Gasteiger charge is -2.65. The lowest BCUT2D eigenvalue weighted by molar-refractivity contribution is -0.211. The van der Waals surface area contributed by atoms with Crippen LogP contribution in [-0.2, 0) is 15.6 Å².